The van der Waals surface area contributed by atoms with Gasteiger partial charge in [-0.3, -0.25) is 4.98 Å². The molecule has 0 amide bonds. The van der Waals surface area contributed by atoms with Gasteiger partial charge in [0.2, 0.25) is 0 Å². The van der Waals surface area contributed by atoms with Gasteiger partial charge < -0.3 is 4.74 Å². The van der Waals surface area contributed by atoms with Gasteiger partial charge in [0, 0.05) is 24.9 Å². The summed E-state index contributed by atoms with van der Waals surface area (Å²) >= 11 is 5.88. The van der Waals surface area contributed by atoms with E-state index in [1.807, 2.05) is 0 Å². The summed E-state index contributed by atoms with van der Waals surface area (Å²) in [5, 5.41) is 0.507. The van der Waals surface area contributed by atoms with Crippen molar-refractivity contribution >= 4 is 11.6 Å². The molecule has 1 aromatic rings. The molecule has 1 atom stereocenters. The van der Waals surface area contributed by atoms with Crippen molar-refractivity contribution in [3.05, 3.63) is 23.2 Å². The molecule has 1 aromatic heterocycles. The van der Waals surface area contributed by atoms with Gasteiger partial charge in [-0.2, -0.15) is 0 Å². The Labute approximate surface area is 75.7 Å². The van der Waals surface area contributed by atoms with Crippen LogP contribution in [0, 0.1) is 0 Å². The van der Waals surface area contributed by atoms with Gasteiger partial charge in [0.1, 0.15) is 0 Å². The zero-order valence-electron chi connectivity index (χ0n) is 6.53. The fourth-order valence-corrected chi connectivity index (χ4v) is 1.62. The summed E-state index contributed by atoms with van der Waals surface area (Å²) in [6.07, 6.45) is 4.26. The summed E-state index contributed by atoms with van der Waals surface area (Å²) in [5.41, 5.74) is 0.872. The number of aromatic nitrogens is 2. The smallest absolute Gasteiger partial charge is 0.150 e. The highest BCUT2D eigenvalue weighted by Gasteiger charge is 2.21. The van der Waals surface area contributed by atoms with Gasteiger partial charge in [0.15, 0.2) is 5.15 Å². The van der Waals surface area contributed by atoms with Crippen LogP contribution in [0.1, 0.15) is 18.0 Å². The molecule has 2 heterocycles. The third-order valence-corrected chi connectivity index (χ3v) is 2.29. The second-order valence-electron chi connectivity index (χ2n) is 2.79. The highest BCUT2D eigenvalue weighted by atomic mass is 35.5. The maximum Gasteiger partial charge on any atom is 0.150 e. The van der Waals surface area contributed by atoms with Crippen LogP contribution in [0.3, 0.4) is 0 Å². The van der Waals surface area contributed by atoms with E-state index in [2.05, 4.69) is 9.97 Å². The van der Waals surface area contributed by atoms with Gasteiger partial charge in [-0.15, -0.1) is 0 Å². The topological polar surface area (TPSA) is 35.0 Å². The van der Waals surface area contributed by atoms with Crippen LogP contribution in [0.15, 0.2) is 12.4 Å². The molecule has 1 saturated heterocycles. The van der Waals surface area contributed by atoms with Crippen LogP contribution in [0.4, 0.5) is 0 Å². The van der Waals surface area contributed by atoms with E-state index in [0.717, 1.165) is 25.3 Å². The van der Waals surface area contributed by atoms with E-state index in [1.165, 1.54) is 0 Å². The normalized spacial score (nSPS) is 22.9. The SMILES string of the molecule is Clc1nccnc1C1CCOC1. The van der Waals surface area contributed by atoms with Gasteiger partial charge >= 0.3 is 0 Å². The van der Waals surface area contributed by atoms with E-state index in [1.54, 1.807) is 12.4 Å². The van der Waals surface area contributed by atoms with Crippen LogP contribution in [0.2, 0.25) is 5.15 Å². The van der Waals surface area contributed by atoms with Crippen LogP contribution in [-0.4, -0.2) is 23.2 Å². The number of nitrogens with zero attached hydrogens (tertiary/aromatic N) is 2. The van der Waals surface area contributed by atoms with Gasteiger partial charge in [-0.25, -0.2) is 4.98 Å². The van der Waals surface area contributed by atoms with Crippen molar-refractivity contribution in [3.8, 4) is 0 Å². The number of hydrogen-bond donors (Lipinski definition) is 0. The number of halogens is 1. The molecule has 2 rings (SSSR count). The quantitative estimate of drug-likeness (QED) is 0.666. The monoisotopic (exact) mass is 184 g/mol. The van der Waals surface area contributed by atoms with Crippen LogP contribution < -0.4 is 0 Å². The Kier molecular flexibility index (Phi) is 2.23. The molecule has 0 N–H and O–H groups in total. The summed E-state index contributed by atoms with van der Waals surface area (Å²) < 4.78 is 5.24. The first-order valence-electron chi connectivity index (χ1n) is 3.92. The minimum Gasteiger partial charge on any atom is -0.381 e. The third-order valence-electron chi connectivity index (χ3n) is 2.00. The highest BCUT2D eigenvalue weighted by molar-refractivity contribution is 6.30. The average Bonchev–Trinajstić information content (AvgIpc) is 2.57. The first-order valence-corrected chi connectivity index (χ1v) is 4.30. The van der Waals surface area contributed by atoms with E-state index >= 15 is 0 Å². The Morgan fingerprint density at radius 2 is 2.25 bits per heavy atom. The molecule has 1 unspecified atom stereocenters. The number of hydrogen-bond acceptors (Lipinski definition) is 3. The zero-order valence-corrected chi connectivity index (χ0v) is 7.29. The van der Waals surface area contributed by atoms with Gasteiger partial charge in [0.05, 0.1) is 12.3 Å². The summed E-state index contributed by atoms with van der Waals surface area (Å²) in [6, 6.07) is 0. The average molecular weight is 185 g/mol. The van der Waals surface area contributed by atoms with E-state index < -0.39 is 0 Å². The maximum atomic E-state index is 5.88. The molecular formula is C8H9ClN2O. The molecule has 3 nitrogen and oxygen atoms in total. The van der Waals surface area contributed by atoms with Crippen LogP contribution >= 0.6 is 11.6 Å². The molecule has 4 heteroatoms. The Morgan fingerprint density at radius 1 is 1.42 bits per heavy atom. The Balaban J connectivity index is 2.26. The minimum atomic E-state index is 0.339. The molecule has 0 radical (unpaired) electrons. The molecule has 0 aliphatic carbocycles. The lowest BCUT2D eigenvalue weighted by molar-refractivity contribution is 0.193. The molecule has 1 aliphatic heterocycles. The molecule has 0 spiro atoms. The number of ether oxygens (including phenoxy) is 1. The fraction of sp³-hybridized carbons (Fsp3) is 0.500. The number of rotatable bonds is 1. The summed E-state index contributed by atoms with van der Waals surface area (Å²) in [4.78, 5) is 8.16. The van der Waals surface area contributed by atoms with E-state index in [9.17, 15) is 0 Å². The summed E-state index contributed by atoms with van der Waals surface area (Å²) in [7, 11) is 0. The van der Waals surface area contributed by atoms with Crippen LogP contribution in [0.5, 0.6) is 0 Å². The second kappa shape index (κ2) is 3.37. The van der Waals surface area contributed by atoms with Crippen molar-refractivity contribution in [3.63, 3.8) is 0 Å². The van der Waals surface area contributed by atoms with Crippen molar-refractivity contribution in [1.82, 2.24) is 9.97 Å². The molecule has 64 valence electrons. The molecule has 12 heavy (non-hydrogen) atoms. The largest absolute Gasteiger partial charge is 0.381 e. The lowest BCUT2D eigenvalue weighted by atomic mass is 10.1. The zero-order chi connectivity index (χ0) is 8.39. The lowest BCUT2D eigenvalue weighted by Gasteiger charge is -2.06. The first kappa shape index (κ1) is 7.95. The van der Waals surface area contributed by atoms with Crippen molar-refractivity contribution < 1.29 is 4.74 Å². The molecular weight excluding hydrogens is 176 g/mol. The predicted octanol–water partition coefficient (Wildman–Crippen LogP) is 1.63. The molecule has 1 aliphatic rings. The van der Waals surface area contributed by atoms with E-state index in [0.29, 0.717) is 11.1 Å². The van der Waals surface area contributed by atoms with Gasteiger partial charge in [-0.1, -0.05) is 11.6 Å². The Bertz CT molecular complexity index is 274. The molecule has 1 fully saturated rings. The summed E-state index contributed by atoms with van der Waals surface area (Å²) in [6.45, 7) is 1.52. The van der Waals surface area contributed by atoms with E-state index in [4.69, 9.17) is 16.3 Å². The highest BCUT2D eigenvalue weighted by Crippen LogP contribution is 2.27. The van der Waals surface area contributed by atoms with Crippen molar-refractivity contribution in [1.29, 1.82) is 0 Å². The maximum absolute atomic E-state index is 5.88. The second-order valence-corrected chi connectivity index (χ2v) is 3.15. The van der Waals surface area contributed by atoms with Crippen LogP contribution in [0.25, 0.3) is 0 Å². The Hall–Kier alpha value is -0.670. The molecule has 0 saturated carbocycles. The van der Waals surface area contributed by atoms with Crippen LogP contribution in [-0.2, 0) is 4.74 Å². The molecule has 0 bridgehead atoms. The molecule has 0 aromatic carbocycles. The Morgan fingerprint density at radius 3 is 2.92 bits per heavy atom. The van der Waals surface area contributed by atoms with Crippen molar-refractivity contribution in [2.45, 2.75) is 12.3 Å². The summed E-state index contributed by atoms with van der Waals surface area (Å²) in [5.74, 6) is 0.339. The lowest BCUT2D eigenvalue weighted by Crippen LogP contribution is -2.02. The minimum absolute atomic E-state index is 0.339. The van der Waals surface area contributed by atoms with Crippen molar-refractivity contribution in [2.75, 3.05) is 13.2 Å². The van der Waals surface area contributed by atoms with E-state index in [-0.39, 0.29) is 0 Å². The van der Waals surface area contributed by atoms with Gasteiger partial charge in [-0.05, 0) is 6.42 Å². The predicted molar refractivity (Wildman–Crippen MR) is 45.2 cm³/mol. The fourth-order valence-electron chi connectivity index (χ4n) is 1.36. The first-order chi connectivity index (χ1) is 5.88. The van der Waals surface area contributed by atoms with Gasteiger partial charge in [0.25, 0.3) is 0 Å². The van der Waals surface area contributed by atoms with Crippen molar-refractivity contribution in [2.24, 2.45) is 0 Å². The third kappa shape index (κ3) is 1.42. The standard InChI is InChI=1S/C8H9ClN2O/c9-8-7(10-2-3-11-8)6-1-4-12-5-6/h2-3,6H,1,4-5H2.